The predicted octanol–water partition coefficient (Wildman–Crippen LogP) is 3.19. The van der Waals surface area contributed by atoms with Crippen LogP contribution in [0, 0.1) is 0 Å². The van der Waals surface area contributed by atoms with Crippen molar-refractivity contribution in [3.63, 3.8) is 0 Å². The lowest BCUT2D eigenvalue weighted by Crippen LogP contribution is -2.23. The van der Waals surface area contributed by atoms with Crippen LogP contribution in [0.4, 0.5) is 0 Å². The van der Waals surface area contributed by atoms with Crippen LogP contribution in [0.15, 0.2) is 44.6 Å². The number of nitrogens with zero attached hydrogens (tertiary/aromatic N) is 2. The second-order valence-corrected chi connectivity index (χ2v) is 6.95. The van der Waals surface area contributed by atoms with Gasteiger partial charge in [0.25, 0.3) is 5.91 Å². The van der Waals surface area contributed by atoms with E-state index >= 15 is 0 Å². The van der Waals surface area contributed by atoms with E-state index in [9.17, 15) is 9.59 Å². The second kappa shape index (κ2) is 8.87. The Labute approximate surface area is 172 Å². The molecular weight excluding hydrogens is 396 g/mol. The quantitative estimate of drug-likeness (QED) is 0.528. The van der Waals surface area contributed by atoms with Gasteiger partial charge < -0.3 is 18.6 Å². The second-order valence-electron chi connectivity index (χ2n) is 5.94. The standard InChI is InChI=1S/C20H20N2O6S/c1-21-20-22(2)18(23)17(29-20)10-12-5-7-14(16(9-12)25-3)27-11-13-6-8-15(28-13)19(24)26-4/h5-10H,11H2,1-4H3/b17-10+,21-20?. The van der Waals surface area contributed by atoms with E-state index in [1.807, 2.05) is 6.07 Å². The lowest BCUT2D eigenvalue weighted by atomic mass is 10.2. The molecule has 1 amide bonds. The van der Waals surface area contributed by atoms with Gasteiger partial charge in [0.05, 0.1) is 19.1 Å². The number of likely N-dealkylation sites (N-methyl/N-ethyl adjacent to an activating group) is 1. The van der Waals surface area contributed by atoms with Crippen LogP contribution in [0.5, 0.6) is 11.5 Å². The Morgan fingerprint density at radius 3 is 2.69 bits per heavy atom. The summed E-state index contributed by atoms with van der Waals surface area (Å²) in [4.78, 5) is 29.9. The predicted molar refractivity (Wildman–Crippen MR) is 109 cm³/mol. The number of thioether (sulfide) groups is 1. The zero-order valence-electron chi connectivity index (χ0n) is 16.4. The summed E-state index contributed by atoms with van der Waals surface area (Å²) in [5.41, 5.74) is 0.793. The first kappa shape index (κ1) is 20.5. The number of benzene rings is 1. The van der Waals surface area contributed by atoms with Gasteiger partial charge in [-0.05, 0) is 47.7 Å². The van der Waals surface area contributed by atoms with E-state index in [-0.39, 0.29) is 18.3 Å². The third-order valence-corrected chi connectivity index (χ3v) is 5.25. The highest BCUT2D eigenvalue weighted by Gasteiger charge is 2.29. The molecule has 1 aliphatic rings. The molecule has 3 rings (SSSR count). The van der Waals surface area contributed by atoms with Crippen molar-refractivity contribution in [2.45, 2.75) is 6.61 Å². The Morgan fingerprint density at radius 1 is 1.24 bits per heavy atom. The Morgan fingerprint density at radius 2 is 2.03 bits per heavy atom. The van der Waals surface area contributed by atoms with Crippen molar-refractivity contribution < 1.29 is 28.2 Å². The summed E-state index contributed by atoms with van der Waals surface area (Å²) in [5, 5.41) is 0.651. The van der Waals surface area contributed by atoms with E-state index < -0.39 is 5.97 Å². The van der Waals surface area contributed by atoms with Crippen molar-refractivity contribution in [1.82, 2.24) is 4.90 Å². The van der Waals surface area contributed by atoms with Gasteiger partial charge in [-0.2, -0.15) is 0 Å². The molecule has 0 bridgehead atoms. The molecule has 2 heterocycles. The molecule has 0 radical (unpaired) electrons. The number of amides is 1. The number of carbonyl (C=O) groups excluding carboxylic acids is 2. The van der Waals surface area contributed by atoms with Crippen molar-refractivity contribution >= 4 is 34.9 Å². The van der Waals surface area contributed by atoms with E-state index in [0.717, 1.165) is 5.56 Å². The number of methoxy groups -OCH3 is 2. The van der Waals surface area contributed by atoms with Gasteiger partial charge in [-0.1, -0.05) is 6.07 Å². The first-order valence-electron chi connectivity index (χ1n) is 8.59. The molecule has 152 valence electrons. The number of carbonyl (C=O) groups is 2. The summed E-state index contributed by atoms with van der Waals surface area (Å²) in [7, 11) is 6.16. The third kappa shape index (κ3) is 4.45. The van der Waals surface area contributed by atoms with Crippen LogP contribution in [0.1, 0.15) is 21.9 Å². The number of aliphatic imine (C=N–C) groups is 1. The molecule has 0 aliphatic carbocycles. The van der Waals surface area contributed by atoms with Crippen molar-refractivity contribution in [3.8, 4) is 11.5 Å². The summed E-state index contributed by atoms with van der Waals surface area (Å²) < 4.78 is 21.1. The minimum absolute atomic E-state index is 0.103. The van der Waals surface area contributed by atoms with E-state index in [1.54, 1.807) is 38.4 Å². The zero-order chi connectivity index (χ0) is 21.0. The van der Waals surface area contributed by atoms with Gasteiger partial charge in [-0.25, -0.2) is 4.79 Å². The van der Waals surface area contributed by atoms with Crippen LogP contribution in [-0.4, -0.2) is 50.3 Å². The fourth-order valence-corrected chi connectivity index (χ4v) is 3.54. The summed E-state index contributed by atoms with van der Waals surface area (Å²) in [6.45, 7) is 0.114. The Kier molecular flexibility index (Phi) is 6.28. The summed E-state index contributed by atoms with van der Waals surface area (Å²) in [6.07, 6.45) is 1.78. The van der Waals surface area contributed by atoms with Crippen LogP contribution in [0.3, 0.4) is 0 Å². The van der Waals surface area contributed by atoms with E-state index in [0.29, 0.717) is 27.3 Å². The number of amidine groups is 1. The molecular formula is C20H20N2O6S. The number of rotatable bonds is 6. The average Bonchev–Trinajstić information content (AvgIpc) is 3.32. The first-order valence-corrected chi connectivity index (χ1v) is 9.40. The largest absolute Gasteiger partial charge is 0.493 e. The fraction of sp³-hybridized carbons (Fsp3) is 0.250. The molecule has 8 nitrogen and oxygen atoms in total. The van der Waals surface area contributed by atoms with Crippen LogP contribution < -0.4 is 9.47 Å². The monoisotopic (exact) mass is 416 g/mol. The molecule has 9 heteroatoms. The highest BCUT2D eigenvalue weighted by Crippen LogP contribution is 2.34. The van der Waals surface area contributed by atoms with Crippen LogP contribution in [-0.2, 0) is 16.1 Å². The molecule has 0 N–H and O–H groups in total. The van der Waals surface area contributed by atoms with Crippen LogP contribution in [0.25, 0.3) is 6.08 Å². The molecule has 1 saturated heterocycles. The normalized spacial score (nSPS) is 16.6. The smallest absolute Gasteiger partial charge is 0.373 e. The topological polar surface area (TPSA) is 90.6 Å². The molecule has 1 fully saturated rings. The minimum Gasteiger partial charge on any atom is -0.493 e. The van der Waals surface area contributed by atoms with E-state index in [1.165, 1.54) is 36.9 Å². The molecule has 1 aromatic heterocycles. The Balaban J connectivity index is 1.74. The molecule has 2 aromatic rings. The summed E-state index contributed by atoms with van der Waals surface area (Å²) in [5.74, 6) is 0.942. The number of hydrogen-bond donors (Lipinski definition) is 0. The van der Waals surface area contributed by atoms with E-state index in [4.69, 9.17) is 13.9 Å². The van der Waals surface area contributed by atoms with Gasteiger partial charge in [0.15, 0.2) is 16.7 Å². The molecule has 29 heavy (non-hydrogen) atoms. The van der Waals surface area contributed by atoms with E-state index in [2.05, 4.69) is 9.73 Å². The third-order valence-electron chi connectivity index (χ3n) is 4.10. The lowest BCUT2D eigenvalue weighted by Gasteiger charge is -2.10. The Hall–Kier alpha value is -3.20. The fourth-order valence-electron chi connectivity index (χ4n) is 2.61. The maximum atomic E-state index is 12.3. The average molecular weight is 416 g/mol. The molecule has 0 atom stereocenters. The highest BCUT2D eigenvalue weighted by molar-refractivity contribution is 8.18. The highest BCUT2D eigenvalue weighted by atomic mass is 32.2. The molecule has 0 saturated carbocycles. The van der Waals surface area contributed by atoms with Crippen molar-refractivity contribution in [3.05, 3.63) is 52.3 Å². The zero-order valence-corrected chi connectivity index (χ0v) is 17.2. The van der Waals surface area contributed by atoms with Gasteiger partial charge in [-0.15, -0.1) is 0 Å². The summed E-state index contributed by atoms with van der Waals surface area (Å²) >= 11 is 1.32. The number of ether oxygens (including phenoxy) is 3. The molecule has 1 aromatic carbocycles. The van der Waals surface area contributed by atoms with Gasteiger partial charge in [0, 0.05) is 14.1 Å². The number of furan rings is 1. The number of hydrogen-bond acceptors (Lipinski definition) is 8. The first-order chi connectivity index (χ1) is 14.0. The molecule has 1 aliphatic heterocycles. The number of esters is 1. The van der Waals surface area contributed by atoms with Crippen molar-refractivity contribution in [1.29, 1.82) is 0 Å². The molecule has 0 spiro atoms. The van der Waals surface area contributed by atoms with Gasteiger partial charge >= 0.3 is 5.97 Å². The van der Waals surface area contributed by atoms with Crippen molar-refractivity contribution in [2.24, 2.45) is 4.99 Å². The van der Waals surface area contributed by atoms with Crippen molar-refractivity contribution in [2.75, 3.05) is 28.3 Å². The maximum absolute atomic E-state index is 12.3. The lowest BCUT2D eigenvalue weighted by molar-refractivity contribution is -0.121. The molecule has 0 unspecified atom stereocenters. The SMILES string of the molecule is CN=C1S/C(=C/c2ccc(OCc3ccc(C(=O)OC)o3)c(OC)c2)C(=O)N1C. The maximum Gasteiger partial charge on any atom is 0.373 e. The summed E-state index contributed by atoms with van der Waals surface area (Å²) in [6, 6.07) is 8.51. The Bertz CT molecular complexity index is 995. The minimum atomic E-state index is -0.549. The van der Waals surface area contributed by atoms with Gasteiger partial charge in [0.2, 0.25) is 5.76 Å². The van der Waals surface area contributed by atoms with Gasteiger partial charge in [0.1, 0.15) is 12.4 Å². The van der Waals surface area contributed by atoms with Crippen LogP contribution in [0.2, 0.25) is 0 Å². The van der Waals surface area contributed by atoms with Gasteiger partial charge in [-0.3, -0.25) is 14.7 Å². The van der Waals surface area contributed by atoms with Crippen LogP contribution >= 0.6 is 11.8 Å².